The number of hydrogen-bond acceptors (Lipinski definition) is 4. The first kappa shape index (κ1) is 16.8. The molecule has 6 nitrogen and oxygen atoms in total. The van der Waals surface area contributed by atoms with Gasteiger partial charge in [-0.25, -0.2) is 0 Å². The third-order valence-corrected chi connectivity index (χ3v) is 4.42. The molecule has 2 aromatic heterocycles. The molecule has 0 spiro atoms. The zero-order valence-electron chi connectivity index (χ0n) is 14.7. The van der Waals surface area contributed by atoms with Crippen molar-refractivity contribution in [2.24, 2.45) is 0 Å². The molecule has 1 amide bonds. The fraction of sp³-hybridized carbons (Fsp3) is 0.0952. The predicted octanol–water partition coefficient (Wildman–Crippen LogP) is 3.20. The van der Waals surface area contributed by atoms with Gasteiger partial charge in [-0.05, 0) is 36.4 Å². The van der Waals surface area contributed by atoms with Gasteiger partial charge >= 0.3 is 0 Å². The van der Waals surface area contributed by atoms with E-state index in [0.717, 1.165) is 16.4 Å². The number of anilines is 1. The van der Waals surface area contributed by atoms with Gasteiger partial charge in [-0.15, -0.1) is 0 Å². The van der Waals surface area contributed by atoms with E-state index in [1.54, 1.807) is 36.2 Å². The Kier molecular flexibility index (Phi) is 4.30. The molecule has 0 saturated carbocycles. The molecule has 0 aliphatic heterocycles. The van der Waals surface area contributed by atoms with Gasteiger partial charge in [0.15, 0.2) is 5.43 Å². The van der Waals surface area contributed by atoms with E-state index in [-0.39, 0.29) is 17.9 Å². The second-order valence-electron chi connectivity index (χ2n) is 6.11. The van der Waals surface area contributed by atoms with Crippen molar-refractivity contribution in [2.45, 2.75) is 6.54 Å². The van der Waals surface area contributed by atoms with Crippen molar-refractivity contribution in [3.63, 3.8) is 0 Å². The molecule has 0 atom stereocenters. The third-order valence-electron chi connectivity index (χ3n) is 4.42. The lowest BCUT2D eigenvalue weighted by molar-refractivity contribution is -0.116. The Labute approximate surface area is 155 Å². The maximum atomic E-state index is 12.6. The molecule has 2 heterocycles. The lowest BCUT2D eigenvalue weighted by atomic mass is 10.1. The van der Waals surface area contributed by atoms with E-state index in [2.05, 4.69) is 10.3 Å². The van der Waals surface area contributed by atoms with E-state index in [0.29, 0.717) is 16.8 Å². The number of ether oxygens (including phenoxy) is 1. The first-order valence-corrected chi connectivity index (χ1v) is 8.46. The quantitative estimate of drug-likeness (QED) is 0.607. The molecular formula is C21H17N3O3. The summed E-state index contributed by atoms with van der Waals surface area (Å²) in [7, 11) is 1.59. The van der Waals surface area contributed by atoms with Gasteiger partial charge in [0.2, 0.25) is 5.91 Å². The number of nitrogens with one attached hydrogen (secondary N) is 1. The fourth-order valence-corrected chi connectivity index (χ4v) is 3.10. The average molecular weight is 359 g/mol. The summed E-state index contributed by atoms with van der Waals surface area (Å²) in [6.07, 6.45) is 3.29. The summed E-state index contributed by atoms with van der Waals surface area (Å²) < 4.78 is 7.02. The van der Waals surface area contributed by atoms with Crippen LogP contribution in [0.5, 0.6) is 5.75 Å². The Bertz CT molecular complexity index is 1210. The van der Waals surface area contributed by atoms with Crippen molar-refractivity contribution in [3.05, 3.63) is 77.2 Å². The topological polar surface area (TPSA) is 73.2 Å². The molecule has 0 bridgehead atoms. The standard InChI is InChI=1S/C21H17N3O3/c1-27-14-6-7-17-16(12-14)18(8-10-22-17)23-21(26)13-24-11-9-20(25)15-4-2-3-5-19(15)24/h2-12H,13H2,1H3,(H,22,23,26). The summed E-state index contributed by atoms with van der Waals surface area (Å²) >= 11 is 0. The number of rotatable bonds is 4. The van der Waals surface area contributed by atoms with Gasteiger partial charge in [0.05, 0.1) is 23.8 Å². The van der Waals surface area contributed by atoms with Crippen molar-refractivity contribution < 1.29 is 9.53 Å². The molecule has 0 aliphatic rings. The van der Waals surface area contributed by atoms with Crippen LogP contribution < -0.4 is 15.5 Å². The molecule has 0 unspecified atom stereocenters. The van der Waals surface area contributed by atoms with Gasteiger partial charge < -0.3 is 14.6 Å². The number of aromatic nitrogens is 2. The molecule has 2 aromatic carbocycles. The molecule has 4 aromatic rings. The number of nitrogens with zero attached hydrogens (tertiary/aromatic N) is 2. The van der Waals surface area contributed by atoms with Crippen LogP contribution in [-0.4, -0.2) is 22.6 Å². The van der Waals surface area contributed by atoms with Crippen molar-refractivity contribution >= 4 is 33.4 Å². The molecule has 0 fully saturated rings. The van der Waals surface area contributed by atoms with Crippen molar-refractivity contribution in [1.82, 2.24) is 9.55 Å². The smallest absolute Gasteiger partial charge is 0.244 e. The van der Waals surface area contributed by atoms with E-state index >= 15 is 0 Å². The Morgan fingerprint density at radius 1 is 1.11 bits per heavy atom. The highest BCUT2D eigenvalue weighted by molar-refractivity contribution is 6.01. The first-order chi connectivity index (χ1) is 13.2. The maximum absolute atomic E-state index is 12.6. The van der Waals surface area contributed by atoms with Crippen molar-refractivity contribution in [3.8, 4) is 5.75 Å². The first-order valence-electron chi connectivity index (χ1n) is 8.46. The van der Waals surface area contributed by atoms with E-state index in [4.69, 9.17) is 4.74 Å². The molecular weight excluding hydrogens is 342 g/mol. The van der Waals surface area contributed by atoms with E-state index in [1.807, 2.05) is 36.4 Å². The van der Waals surface area contributed by atoms with Crippen LogP contribution in [0.3, 0.4) is 0 Å². The van der Waals surface area contributed by atoms with E-state index in [1.165, 1.54) is 6.07 Å². The SMILES string of the molecule is COc1ccc2nccc(NC(=O)Cn3ccc(=O)c4ccccc43)c2c1. The third kappa shape index (κ3) is 3.25. The second-order valence-corrected chi connectivity index (χ2v) is 6.11. The largest absolute Gasteiger partial charge is 0.497 e. The van der Waals surface area contributed by atoms with Crippen molar-refractivity contribution in [2.75, 3.05) is 12.4 Å². The number of para-hydroxylation sites is 1. The summed E-state index contributed by atoms with van der Waals surface area (Å²) in [5.41, 5.74) is 2.09. The number of benzene rings is 2. The minimum atomic E-state index is -0.195. The van der Waals surface area contributed by atoms with Crippen LogP contribution >= 0.6 is 0 Å². The van der Waals surface area contributed by atoms with Crippen LogP contribution in [0.4, 0.5) is 5.69 Å². The Morgan fingerprint density at radius 2 is 1.96 bits per heavy atom. The molecule has 134 valence electrons. The number of carbonyl (C=O) groups is 1. The lowest BCUT2D eigenvalue weighted by Gasteiger charge is -2.12. The Hall–Kier alpha value is -3.67. The highest BCUT2D eigenvalue weighted by Crippen LogP contribution is 2.26. The van der Waals surface area contributed by atoms with Crippen LogP contribution in [0.15, 0.2) is 71.8 Å². The number of pyridine rings is 2. The number of fused-ring (bicyclic) bond motifs is 2. The second kappa shape index (κ2) is 6.92. The number of amides is 1. The zero-order chi connectivity index (χ0) is 18.8. The van der Waals surface area contributed by atoms with Crippen LogP contribution in [0.1, 0.15) is 0 Å². The van der Waals surface area contributed by atoms with Gasteiger partial charge in [-0.1, -0.05) is 12.1 Å². The van der Waals surface area contributed by atoms with Crippen LogP contribution in [-0.2, 0) is 11.3 Å². The Balaban J connectivity index is 1.65. The predicted molar refractivity (Wildman–Crippen MR) is 105 cm³/mol. The van der Waals surface area contributed by atoms with Gasteiger partial charge in [-0.3, -0.25) is 14.6 Å². The van der Waals surface area contributed by atoms with Gasteiger partial charge in [0, 0.05) is 29.2 Å². The minimum Gasteiger partial charge on any atom is -0.497 e. The van der Waals surface area contributed by atoms with Crippen molar-refractivity contribution in [1.29, 1.82) is 0 Å². The van der Waals surface area contributed by atoms with Gasteiger partial charge in [0.1, 0.15) is 12.3 Å². The Morgan fingerprint density at radius 3 is 2.81 bits per heavy atom. The highest BCUT2D eigenvalue weighted by atomic mass is 16.5. The molecule has 0 aliphatic carbocycles. The summed E-state index contributed by atoms with van der Waals surface area (Å²) in [4.78, 5) is 28.9. The summed E-state index contributed by atoms with van der Waals surface area (Å²) in [5.74, 6) is 0.497. The monoisotopic (exact) mass is 359 g/mol. The molecule has 4 rings (SSSR count). The van der Waals surface area contributed by atoms with E-state index in [9.17, 15) is 9.59 Å². The average Bonchev–Trinajstić information content (AvgIpc) is 2.70. The van der Waals surface area contributed by atoms with Crippen LogP contribution in [0, 0.1) is 0 Å². The summed E-state index contributed by atoms with van der Waals surface area (Å²) in [6, 6.07) is 16.0. The van der Waals surface area contributed by atoms with Crippen LogP contribution in [0.2, 0.25) is 0 Å². The molecule has 6 heteroatoms. The molecule has 27 heavy (non-hydrogen) atoms. The lowest BCUT2D eigenvalue weighted by Crippen LogP contribution is -2.20. The van der Waals surface area contributed by atoms with Gasteiger partial charge in [0.25, 0.3) is 0 Å². The number of methoxy groups -OCH3 is 1. The van der Waals surface area contributed by atoms with Crippen LogP contribution in [0.25, 0.3) is 21.8 Å². The number of carbonyl (C=O) groups excluding carboxylic acids is 1. The molecule has 0 radical (unpaired) electrons. The zero-order valence-corrected chi connectivity index (χ0v) is 14.7. The minimum absolute atomic E-state index is 0.0607. The van der Waals surface area contributed by atoms with Gasteiger partial charge in [-0.2, -0.15) is 0 Å². The molecule has 0 saturated heterocycles. The summed E-state index contributed by atoms with van der Waals surface area (Å²) in [5, 5.41) is 4.32. The van der Waals surface area contributed by atoms with E-state index < -0.39 is 0 Å². The normalized spacial score (nSPS) is 10.9. The number of hydrogen-bond donors (Lipinski definition) is 1. The molecule has 1 N–H and O–H groups in total. The fourth-order valence-electron chi connectivity index (χ4n) is 3.10. The maximum Gasteiger partial charge on any atom is 0.244 e. The highest BCUT2D eigenvalue weighted by Gasteiger charge is 2.10. The summed E-state index contributed by atoms with van der Waals surface area (Å²) in [6.45, 7) is 0.0918.